The fourth-order valence-electron chi connectivity index (χ4n) is 2.33. The van der Waals surface area contributed by atoms with Crippen molar-refractivity contribution >= 4 is 27.0 Å². The van der Waals surface area contributed by atoms with Gasteiger partial charge in [0.2, 0.25) is 0 Å². The molecule has 0 aromatic heterocycles. The molecular formula is C18H16N2O3S. The van der Waals surface area contributed by atoms with E-state index in [4.69, 9.17) is 4.74 Å². The van der Waals surface area contributed by atoms with Crippen LogP contribution in [0.25, 0.3) is 10.8 Å². The first-order valence-corrected chi connectivity index (χ1v) is 8.75. The smallest absolute Gasteiger partial charge is 0.276 e. The molecule has 3 aromatic rings. The van der Waals surface area contributed by atoms with Gasteiger partial charge in [-0.3, -0.25) is 0 Å². The Hall–Kier alpha value is -2.86. The highest BCUT2D eigenvalue weighted by Gasteiger charge is 2.11. The Balaban J connectivity index is 1.88. The van der Waals surface area contributed by atoms with Crippen LogP contribution in [0.2, 0.25) is 0 Å². The Morgan fingerprint density at radius 1 is 0.958 bits per heavy atom. The van der Waals surface area contributed by atoms with E-state index >= 15 is 0 Å². The van der Waals surface area contributed by atoms with Crippen LogP contribution < -0.4 is 9.57 Å². The fraction of sp³-hybridized carbons (Fsp3) is 0.0556. The molecule has 0 heterocycles. The minimum Gasteiger partial charge on any atom is -0.496 e. The van der Waals surface area contributed by atoms with E-state index in [1.54, 1.807) is 25.3 Å². The van der Waals surface area contributed by atoms with Crippen molar-refractivity contribution in [3.05, 3.63) is 72.3 Å². The average Bonchev–Trinajstić information content (AvgIpc) is 2.61. The molecule has 0 amide bonds. The molecule has 5 nitrogen and oxygen atoms in total. The third-order valence-corrected chi connectivity index (χ3v) is 4.77. The summed E-state index contributed by atoms with van der Waals surface area (Å²) in [4.78, 5) is 2.37. The highest BCUT2D eigenvalue weighted by Crippen LogP contribution is 2.24. The molecule has 0 unspecified atom stereocenters. The van der Waals surface area contributed by atoms with Crippen LogP contribution in [-0.4, -0.2) is 21.7 Å². The molecule has 0 saturated carbocycles. The molecule has 0 bridgehead atoms. The van der Waals surface area contributed by atoms with E-state index in [9.17, 15) is 8.42 Å². The van der Waals surface area contributed by atoms with E-state index in [2.05, 4.69) is 9.93 Å². The molecular weight excluding hydrogens is 324 g/mol. The largest absolute Gasteiger partial charge is 0.496 e. The number of fused-ring (bicyclic) bond motifs is 1. The first kappa shape index (κ1) is 16.0. The Labute approximate surface area is 140 Å². The molecule has 0 fully saturated rings. The third kappa shape index (κ3) is 3.38. The van der Waals surface area contributed by atoms with Crippen LogP contribution in [0.4, 0.5) is 0 Å². The predicted molar refractivity (Wildman–Crippen MR) is 94.9 cm³/mol. The SMILES string of the molecule is COc1cc2ccccc2cc1C=NNS(=O)(=O)c1ccccc1. The van der Waals surface area contributed by atoms with Crippen LogP contribution in [0, 0.1) is 0 Å². The standard InChI is InChI=1S/C18H16N2O3S/c1-23-18-12-15-8-6-5-7-14(15)11-16(18)13-19-20-24(21,22)17-9-3-2-4-10-17/h2-13,20H,1H3. The molecule has 0 aliphatic heterocycles. The van der Waals surface area contributed by atoms with E-state index in [-0.39, 0.29) is 4.90 Å². The zero-order valence-electron chi connectivity index (χ0n) is 13.0. The summed E-state index contributed by atoms with van der Waals surface area (Å²) in [5.74, 6) is 0.622. The van der Waals surface area contributed by atoms with Gasteiger partial charge in [0.05, 0.1) is 18.2 Å². The van der Waals surface area contributed by atoms with Crippen molar-refractivity contribution in [1.82, 2.24) is 4.83 Å². The fourth-order valence-corrected chi connectivity index (χ4v) is 3.14. The first-order chi connectivity index (χ1) is 11.6. The number of sulfonamides is 1. The van der Waals surface area contributed by atoms with Gasteiger partial charge in [-0.25, -0.2) is 4.83 Å². The molecule has 0 radical (unpaired) electrons. The second kappa shape index (κ2) is 6.72. The maximum atomic E-state index is 12.1. The van der Waals surface area contributed by atoms with E-state index in [1.807, 2.05) is 36.4 Å². The number of hydrogen-bond donors (Lipinski definition) is 1. The van der Waals surface area contributed by atoms with Gasteiger partial charge in [-0.05, 0) is 35.0 Å². The molecule has 0 atom stereocenters. The summed E-state index contributed by atoms with van der Waals surface area (Å²) in [6.45, 7) is 0. The molecule has 0 spiro atoms. The van der Waals surface area contributed by atoms with Crippen molar-refractivity contribution in [2.45, 2.75) is 4.90 Å². The number of ether oxygens (including phenoxy) is 1. The van der Waals surface area contributed by atoms with Crippen molar-refractivity contribution in [2.24, 2.45) is 5.10 Å². The van der Waals surface area contributed by atoms with Crippen LogP contribution in [0.1, 0.15) is 5.56 Å². The zero-order chi connectivity index (χ0) is 17.0. The lowest BCUT2D eigenvalue weighted by Gasteiger charge is -2.07. The Kier molecular flexibility index (Phi) is 4.48. The van der Waals surface area contributed by atoms with Crippen molar-refractivity contribution in [1.29, 1.82) is 0 Å². The molecule has 6 heteroatoms. The van der Waals surface area contributed by atoms with E-state index in [0.29, 0.717) is 11.3 Å². The molecule has 3 aromatic carbocycles. The second-order valence-corrected chi connectivity index (χ2v) is 6.77. The maximum absolute atomic E-state index is 12.1. The minimum absolute atomic E-state index is 0.160. The van der Waals surface area contributed by atoms with Gasteiger partial charge in [-0.2, -0.15) is 13.5 Å². The highest BCUT2D eigenvalue weighted by atomic mass is 32.2. The predicted octanol–water partition coefficient (Wildman–Crippen LogP) is 3.16. The molecule has 24 heavy (non-hydrogen) atoms. The normalized spacial score (nSPS) is 11.7. The van der Waals surface area contributed by atoms with Gasteiger partial charge < -0.3 is 4.74 Å². The van der Waals surface area contributed by atoms with Gasteiger partial charge in [0.25, 0.3) is 10.0 Å². The van der Waals surface area contributed by atoms with Gasteiger partial charge in [0.15, 0.2) is 0 Å². The molecule has 3 rings (SSSR count). The lowest BCUT2D eigenvalue weighted by atomic mass is 10.1. The van der Waals surface area contributed by atoms with Gasteiger partial charge in [-0.15, -0.1) is 0 Å². The van der Waals surface area contributed by atoms with Crippen molar-refractivity contribution in [3.8, 4) is 5.75 Å². The number of benzene rings is 3. The quantitative estimate of drug-likeness (QED) is 0.573. The van der Waals surface area contributed by atoms with E-state index in [0.717, 1.165) is 10.8 Å². The molecule has 122 valence electrons. The van der Waals surface area contributed by atoms with Gasteiger partial charge in [0, 0.05) is 5.56 Å². The van der Waals surface area contributed by atoms with Gasteiger partial charge in [0.1, 0.15) is 5.75 Å². The van der Waals surface area contributed by atoms with Crippen LogP contribution in [0.15, 0.2) is 76.7 Å². The summed E-state index contributed by atoms with van der Waals surface area (Å²) in [5, 5.41) is 5.92. The first-order valence-electron chi connectivity index (χ1n) is 7.27. The van der Waals surface area contributed by atoms with Crippen LogP contribution in [0.5, 0.6) is 5.75 Å². The summed E-state index contributed by atoms with van der Waals surface area (Å²) in [6, 6.07) is 19.7. The highest BCUT2D eigenvalue weighted by molar-refractivity contribution is 7.89. The molecule has 0 aliphatic carbocycles. The summed E-state index contributed by atoms with van der Waals surface area (Å²) in [6.07, 6.45) is 1.44. The number of nitrogens with one attached hydrogen (secondary N) is 1. The number of rotatable bonds is 5. The monoisotopic (exact) mass is 340 g/mol. The van der Waals surface area contributed by atoms with E-state index in [1.165, 1.54) is 18.3 Å². The molecule has 0 saturated heterocycles. The zero-order valence-corrected chi connectivity index (χ0v) is 13.8. The lowest BCUT2D eigenvalue weighted by Crippen LogP contribution is -2.18. The minimum atomic E-state index is -3.68. The van der Waals surface area contributed by atoms with Crippen molar-refractivity contribution < 1.29 is 13.2 Å². The third-order valence-electron chi connectivity index (χ3n) is 3.53. The van der Waals surface area contributed by atoms with Crippen molar-refractivity contribution in [2.75, 3.05) is 7.11 Å². The topological polar surface area (TPSA) is 67.8 Å². The molecule has 1 N–H and O–H groups in total. The number of hydrazone groups is 1. The average molecular weight is 340 g/mol. The van der Waals surface area contributed by atoms with Crippen LogP contribution in [0.3, 0.4) is 0 Å². The summed E-state index contributed by atoms with van der Waals surface area (Å²) in [5.41, 5.74) is 0.687. The number of hydrogen-bond acceptors (Lipinski definition) is 4. The summed E-state index contributed by atoms with van der Waals surface area (Å²) >= 11 is 0. The van der Waals surface area contributed by atoms with E-state index < -0.39 is 10.0 Å². The number of methoxy groups -OCH3 is 1. The second-order valence-electron chi connectivity index (χ2n) is 5.11. The summed E-state index contributed by atoms with van der Waals surface area (Å²) < 4.78 is 29.6. The van der Waals surface area contributed by atoms with Crippen LogP contribution >= 0.6 is 0 Å². The Morgan fingerprint density at radius 3 is 2.25 bits per heavy atom. The molecule has 0 aliphatic rings. The summed E-state index contributed by atoms with van der Waals surface area (Å²) in [7, 11) is -2.12. The Bertz CT molecular complexity index is 984. The van der Waals surface area contributed by atoms with Gasteiger partial charge >= 0.3 is 0 Å². The van der Waals surface area contributed by atoms with Gasteiger partial charge in [-0.1, -0.05) is 42.5 Å². The van der Waals surface area contributed by atoms with Crippen LogP contribution in [-0.2, 0) is 10.0 Å². The van der Waals surface area contributed by atoms with Crippen molar-refractivity contribution in [3.63, 3.8) is 0 Å². The lowest BCUT2D eigenvalue weighted by molar-refractivity contribution is 0.415. The number of nitrogens with zero attached hydrogens (tertiary/aromatic N) is 1. The Morgan fingerprint density at radius 2 is 1.58 bits per heavy atom. The maximum Gasteiger partial charge on any atom is 0.276 e.